The molecule has 0 heterocycles. The van der Waals surface area contributed by atoms with Gasteiger partial charge in [0.15, 0.2) is 5.11 Å². The van der Waals surface area contributed by atoms with Gasteiger partial charge < -0.3 is 24.8 Å². The van der Waals surface area contributed by atoms with Crippen LogP contribution < -0.4 is 15.4 Å². The second kappa shape index (κ2) is 10.4. The van der Waals surface area contributed by atoms with E-state index in [0.29, 0.717) is 42.4 Å². The van der Waals surface area contributed by atoms with E-state index in [0.717, 1.165) is 5.56 Å². The molecule has 8 heteroatoms. The number of carbonyl (C=O) groups is 2. The van der Waals surface area contributed by atoms with Gasteiger partial charge in [-0.05, 0) is 36.3 Å². The number of ether oxygens (including phenoxy) is 3. The van der Waals surface area contributed by atoms with E-state index in [9.17, 15) is 9.59 Å². The van der Waals surface area contributed by atoms with Crippen molar-refractivity contribution in [2.45, 2.75) is 19.4 Å². The first-order valence-electron chi connectivity index (χ1n) is 7.35. The fourth-order valence-electron chi connectivity index (χ4n) is 1.92. The highest BCUT2D eigenvalue weighted by atomic mass is 32.1. The number of hydrogen-bond acceptors (Lipinski definition) is 6. The number of rotatable bonds is 8. The summed E-state index contributed by atoms with van der Waals surface area (Å²) in [5, 5.41) is 6.50. The number of thiocarbonyl (C=S) groups is 1. The van der Waals surface area contributed by atoms with Gasteiger partial charge in [-0.15, -0.1) is 0 Å². The minimum Gasteiger partial charge on any atom is -0.496 e. The van der Waals surface area contributed by atoms with E-state index < -0.39 is 5.97 Å². The molecule has 0 amide bonds. The van der Waals surface area contributed by atoms with Crippen LogP contribution >= 0.6 is 12.2 Å². The topological polar surface area (TPSA) is 85.9 Å². The molecule has 0 aliphatic carbocycles. The summed E-state index contributed by atoms with van der Waals surface area (Å²) in [7, 11) is 4.17. The molecule has 1 aromatic rings. The third-order valence-corrected chi connectivity index (χ3v) is 3.48. The van der Waals surface area contributed by atoms with Crippen LogP contribution in [0.15, 0.2) is 18.2 Å². The lowest BCUT2D eigenvalue weighted by Crippen LogP contribution is -2.35. The molecule has 7 nitrogen and oxygen atoms in total. The highest BCUT2D eigenvalue weighted by molar-refractivity contribution is 7.80. The van der Waals surface area contributed by atoms with Crippen LogP contribution in [0.2, 0.25) is 0 Å². The van der Waals surface area contributed by atoms with Gasteiger partial charge in [0.2, 0.25) is 0 Å². The van der Waals surface area contributed by atoms with E-state index in [-0.39, 0.29) is 5.97 Å². The summed E-state index contributed by atoms with van der Waals surface area (Å²) in [5.41, 5.74) is 1.21. The van der Waals surface area contributed by atoms with Crippen LogP contribution in [0.3, 0.4) is 0 Å². The molecule has 0 atom stereocenters. The first kappa shape index (κ1) is 19.7. The van der Waals surface area contributed by atoms with Gasteiger partial charge in [-0.1, -0.05) is 6.07 Å². The summed E-state index contributed by atoms with van der Waals surface area (Å²) in [4.78, 5) is 22.7. The fourth-order valence-corrected chi connectivity index (χ4v) is 2.09. The number of benzene rings is 1. The second-order valence-electron chi connectivity index (χ2n) is 4.82. The molecule has 0 spiro atoms. The van der Waals surface area contributed by atoms with E-state index in [1.807, 2.05) is 6.07 Å². The summed E-state index contributed by atoms with van der Waals surface area (Å²) in [6.45, 7) is 1.01. The largest absolute Gasteiger partial charge is 0.496 e. The van der Waals surface area contributed by atoms with Crippen LogP contribution in [0.25, 0.3) is 0 Å². The first-order chi connectivity index (χ1) is 11.5. The van der Waals surface area contributed by atoms with Gasteiger partial charge in [-0.3, -0.25) is 4.79 Å². The van der Waals surface area contributed by atoms with Crippen LogP contribution in [0.4, 0.5) is 0 Å². The van der Waals surface area contributed by atoms with E-state index in [4.69, 9.17) is 21.7 Å². The van der Waals surface area contributed by atoms with Crippen molar-refractivity contribution in [3.05, 3.63) is 29.3 Å². The molecule has 0 fully saturated rings. The van der Waals surface area contributed by atoms with Gasteiger partial charge in [0.1, 0.15) is 11.3 Å². The summed E-state index contributed by atoms with van der Waals surface area (Å²) in [5.74, 6) is -0.254. The number of esters is 2. The zero-order valence-corrected chi connectivity index (χ0v) is 14.8. The Morgan fingerprint density at radius 1 is 1.12 bits per heavy atom. The predicted molar refractivity (Wildman–Crippen MR) is 93.0 cm³/mol. The van der Waals surface area contributed by atoms with Crippen LogP contribution in [-0.2, 0) is 20.8 Å². The lowest BCUT2D eigenvalue weighted by molar-refractivity contribution is -0.140. The molecule has 0 aliphatic rings. The third kappa shape index (κ3) is 6.41. The Balaban J connectivity index is 2.48. The molecule has 0 bridgehead atoms. The average Bonchev–Trinajstić information content (AvgIpc) is 2.62. The Morgan fingerprint density at radius 3 is 2.50 bits per heavy atom. The maximum Gasteiger partial charge on any atom is 0.341 e. The second-order valence-corrected chi connectivity index (χ2v) is 5.22. The van der Waals surface area contributed by atoms with Crippen LogP contribution in [0.5, 0.6) is 5.75 Å². The first-order valence-corrected chi connectivity index (χ1v) is 7.76. The number of methoxy groups -OCH3 is 3. The molecule has 24 heavy (non-hydrogen) atoms. The van der Waals surface area contributed by atoms with Gasteiger partial charge >= 0.3 is 11.9 Å². The molecule has 0 unspecified atom stereocenters. The van der Waals surface area contributed by atoms with Gasteiger partial charge in [-0.25, -0.2) is 4.79 Å². The van der Waals surface area contributed by atoms with Crippen LogP contribution in [-0.4, -0.2) is 44.9 Å². The molecule has 1 aromatic carbocycles. The van der Waals surface area contributed by atoms with Crippen LogP contribution in [0, 0.1) is 0 Å². The van der Waals surface area contributed by atoms with Crippen molar-refractivity contribution in [1.82, 2.24) is 10.6 Å². The summed E-state index contributed by atoms with van der Waals surface area (Å²) < 4.78 is 14.4. The molecule has 0 radical (unpaired) electrons. The monoisotopic (exact) mass is 354 g/mol. The van der Waals surface area contributed by atoms with Crippen molar-refractivity contribution >= 4 is 29.3 Å². The quantitative estimate of drug-likeness (QED) is 0.412. The van der Waals surface area contributed by atoms with Gasteiger partial charge in [0.25, 0.3) is 0 Å². The zero-order valence-electron chi connectivity index (χ0n) is 14.0. The predicted octanol–water partition coefficient (Wildman–Crippen LogP) is 1.40. The molecule has 0 saturated carbocycles. The number of nitrogens with one attached hydrogen (secondary N) is 2. The maximum absolute atomic E-state index is 11.7. The highest BCUT2D eigenvalue weighted by Gasteiger charge is 2.13. The Bertz CT molecular complexity index is 592. The van der Waals surface area contributed by atoms with Crippen LogP contribution in [0.1, 0.15) is 28.8 Å². The maximum atomic E-state index is 11.7. The van der Waals surface area contributed by atoms with Crippen molar-refractivity contribution in [2.75, 3.05) is 27.9 Å². The minimum absolute atomic E-state index is 0.246. The SMILES string of the molecule is COC(=O)CCCNC(=S)NCc1ccc(OC)c(C(=O)OC)c1. The van der Waals surface area contributed by atoms with E-state index in [1.165, 1.54) is 21.3 Å². The molecule has 0 aromatic heterocycles. The molecule has 2 N–H and O–H groups in total. The van der Waals surface area contributed by atoms with Gasteiger partial charge in [0.05, 0.1) is 21.3 Å². The fraction of sp³-hybridized carbons (Fsp3) is 0.438. The average molecular weight is 354 g/mol. The van der Waals surface area contributed by atoms with E-state index in [1.54, 1.807) is 12.1 Å². The van der Waals surface area contributed by atoms with Crippen molar-refractivity contribution < 1.29 is 23.8 Å². The zero-order chi connectivity index (χ0) is 17.9. The molecule has 132 valence electrons. The van der Waals surface area contributed by atoms with Crippen molar-refractivity contribution in [3.63, 3.8) is 0 Å². The third-order valence-electron chi connectivity index (χ3n) is 3.19. The Labute approximate surface area is 146 Å². The smallest absolute Gasteiger partial charge is 0.341 e. The molecular formula is C16H22N2O5S. The lowest BCUT2D eigenvalue weighted by atomic mass is 10.1. The number of carbonyl (C=O) groups excluding carboxylic acids is 2. The molecule has 0 aliphatic heterocycles. The van der Waals surface area contributed by atoms with Crippen molar-refractivity contribution in [2.24, 2.45) is 0 Å². The lowest BCUT2D eigenvalue weighted by Gasteiger charge is -2.12. The summed E-state index contributed by atoms with van der Waals surface area (Å²) in [6, 6.07) is 5.23. The molecular weight excluding hydrogens is 332 g/mol. The molecule has 1 rings (SSSR count). The molecule has 0 saturated heterocycles. The summed E-state index contributed by atoms with van der Waals surface area (Å²) in [6.07, 6.45) is 0.969. The summed E-state index contributed by atoms with van der Waals surface area (Å²) >= 11 is 5.16. The normalized spacial score (nSPS) is 9.79. The van der Waals surface area contributed by atoms with Crippen molar-refractivity contribution in [3.8, 4) is 5.75 Å². The van der Waals surface area contributed by atoms with Gasteiger partial charge in [0, 0.05) is 19.5 Å². The Morgan fingerprint density at radius 2 is 1.88 bits per heavy atom. The standard InChI is InChI=1S/C16H22N2O5S/c1-21-13-7-6-11(9-12(13)15(20)23-3)10-18-16(24)17-8-4-5-14(19)22-2/h6-7,9H,4-5,8,10H2,1-3H3,(H2,17,18,24). The minimum atomic E-state index is -0.461. The Kier molecular flexibility index (Phi) is 8.56. The van der Waals surface area contributed by atoms with E-state index >= 15 is 0 Å². The highest BCUT2D eigenvalue weighted by Crippen LogP contribution is 2.20. The number of hydrogen-bond donors (Lipinski definition) is 2. The Hall–Kier alpha value is -2.35. The van der Waals surface area contributed by atoms with Crippen molar-refractivity contribution in [1.29, 1.82) is 0 Å². The van der Waals surface area contributed by atoms with E-state index in [2.05, 4.69) is 15.4 Å². The van der Waals surface area contributed by atoms with Gasteiger partial charge in [-0.2, -0.15) is 0 Å².